The summed E-state index contributed by atoms with van der Waals surface area (Å²) in [7, 11) is -2.97. The van der Waals surface area contributed by atoms with Gasteiger partial charge < -0.3 is 15.2 Å². The van der Waals surface area contributed by atoms with Crippen molar-refractivity contribution in [1.29, 1.82) is 0 Å². The SMILES string of the molecule is CN([C@@H](CNC(=O)c1cc(=O)n2cc(OCCI)ccc2c1)C(=O)O)S(=O)(=O)c1ccccc1. The summed E-state index contributed by atoms with van der Waals surface area (Å²) in [5.74, 6) is -1.63. The number of ether oxygens (including phenoxy) is 1. The standard InChI is InChI=1S/C22H22IN3O7S/c1-25(34(31,32)18-5-3-2-4-6-18)19(22(29)30)13-24-21(28)15-11-16-7-8-17(33-10-9-23)14-26(16)20(27)12-15/h2-8,11-12,14,19H,9-10,13H2,1H3,(H,24,28)(H,29,30)/t19-/m0/s1. The Hall–Kier alpha value is -2.97. The summed E-state index contributed by atoms with van der Waals surface area (Å²) in [6, 6.07) is 11.7. The van der Waals surface area contributed by atoms with E-state index in [1.165, 1.54) is 40.9 Å². The maximum absolute atomic E-state index is 12.8. The number of hydrogen-bond acceptors (Lipinski definition) is 6. The quantitative estimate of drug-likeness (QED) is 0.267. The fraction of sp³-hybridized carbons (Fsp3) is 0.227. The summed E-state index contributed by atoms with van der Waals surface area (Å²) in [5, 5.41) is 12.0. The maximum atomic E-state index is 12.8. The molecule has 0 radical (unpaired) electrons. The third kappa shape index (κ3) is 5.74. The highest BCUT2D eigenvalue weighted by Gasteiger charge is 2.33. The maximum Gasteiger partial charge on any atom is 0.323 e. The van der Waals surface area contributed by atoms with Gasteiger partial charge in [-0.05, 0) is 30.3 Å². The number of nitrogens with zero attached hydrogens (tertiary/aromatic N) is 2. The Labute approximate surface area is 209 Å². The highest BCUT2D eigenvalue weighted by atomic mass is 127. The Kier molecular flexibility index (Phi) is 8.28. The number of carbonyl (C=O) groups is 2. The molecule has 0 bridgehead atoms. The molecule has 10 nitrogen and oxygen atoms in total. The number of pyridine rings is 2. The van der Waals surface area contributed by atoms with Crippen molar-refractivity contribution in [2.75, 3.05) is 24.6 Å². The molecule has 1 amide bonds. The van der Waals surface area contributed by atoms with Gasteiger partial charge in [-0.15, -0.1) is 0 Å². The van der Waals surface area contributed by atoms with E-state index in [-0.39, 0.29) is 10.5 Å². The fourth-order valence-corrected chi connectivity index (χ4v) is 4.72. The minimum Gasteiger partial charge on any atom is -0.491 e. The molecule has 0 spiro atoms. The monoisotopic (exact) mass is 599 g/mol. The van der Waals surface area contributed by atoms with Gasteiger partial charge in [0.05, 0.1) is 17.7 Å². The lowest BCUT2D eigenvalue weighted by Crippen LogP contribution is -2.49. The summed E-state index contributed by atoms with van der Waals surface area (Å²) in [6.45, 7) is -0.0142. The summed E-state index contributed by atoms with van der Waals surface area (Å²) in [5.41, 5.74) is -0.0113. The van der Waals surface area contributed by atoms with Crippen LogP contribution in [0.4, 0.5) is 0 Å². The van der Waals surface area contributed by atoms with Crippen molar-refractivity contribution in [3.05, 3.63) is 76.7 Å². The van der Waals surface area contributed by atoms with Gasteiger partial charge in [0.1, 0.15) is 11.8 Å². The molecule has 0 unspecified atom stereocenters. The second-order valence-electron chi connectivity index (χ2n) is 7.18. The van der Waals surface area contributed by atoms with Crippen molar-refractivity contribution in [3.8, 4) is 5.75 Å². The van der Waals surface area contributed by atoms with E-state index in [0.717, 1.165) is 17.5 Å². The van der Waals surface area contributed by atoms with E-state index in [2.05, 4.69) is 27.9 Å². The molecule has 0 aliphatic heterocycles. The highest BCUT2D eigenvalue weighted by molar-refractivity contribution is 14.1. The average Bonchev–Trinajstić information content (AvgIpc) is 2.83. The zero-order valence-corrected chi connectivity index (χ0v) is 21.0. The number of carboxylic acid groups (broad SMARTS) is 1. The molecular formula is C22H22IN3O7S. The van der Waals surface area contributed by atoms with Crippen molar-refractivity contribution in [3.63, 3.8) is 0 Å². The zero-order valence-electron chi connectivity index (χ0n) is 18.0. The van der Waals surface area contributed by atoms with Crippen LogP contribution in [0.25, 0.3) is 5.52 Å². The van der Waals surface area contributed by atoms with Crippen molar-refractivity contribution < 1.29 is 27.9 Å². The Morgan fingerprint density at radius 1 is 1.18 bits per heavy atom. The largest absolute Gasteiger partial charge is 0.491 e. The second kappa shape index (κ2) is 11.0. The van der Waals surface area contributed by atoms with Crippen LogP contribution in [-0.4, -0.2) is 64.8 Å². The number of amides is 1. The molecule has 0 fully saturated rings. The summed E-state index contributed by atoms with van der Waals surface area (Å²) in [6.07, 6.45) is 1.52. The Morgan fingerprint density at radius 2 is 1.88 bits per heavy atom. The van der Waals surface area contributed by atoms with Gasteiger partial charge in [0, 0.05) is 35.2 Å². The van der Waals surface area contributed by atoms with E-state index in [0.29, 0.717) is 22.2 Å². The van der Waals surface area contributed by atoms with E-state index in [9.17, 15) is 27.9 Å². The molecular weight excluding hydrogens is 577 g/mol. The lowest BCUT2D eigenvalue weighted by molar-refractivity contribution is -0.140. The first-order chi connectivity index (χ1) is 16.1. The molecule has 1 atom stereocenters. The van der Waals surface area contributed by atoms with E-state index in [1.54, 1.807) is 18.2 Å². The lowest BCUT2D eigenvalue weighted by atomic mass is 10.2. The fourth-order valence-electron chi connectivity index (χ4n) is 3.17. The van der Waals surface area contributed by atoms with Crippen LogP contribution in [0.5, 0.6) is 5.75 Å². The van der Waals surface area contributed by atoms with Crippen molar-refractivity contribution in [2.24, 2.45) is 0 Å². The molecule has 0 saturated carbocycles. The van der Waals surface area contributed by atoms with Crippen LogP contribution in [0.2, 0.25) is 0 Å². The van der Waals surface area contributed by atoms with E-state index in [4.69, 9.17) is 4.74 Å². The minimum atomic E-state index is -4.11. The summed E-state index contributed by atoms with van der Waals surface area (Å²) >= 11 is 2.17. The molecule has 3 rings (SSSR count). The zero-order chi connectivity index (χ0) is 24.9. The number of hydrogen-bond donors (Lipinski definition) is 2. The van der Waals surface area contributed by atoms with Gasteiger partial charge in [-0.3, -0.25) is 18.8 Å². The van der Waals surface area contributed by atoms with Crippen LogP contribution in [0.15, 0.2) is 70.5 Å². The van der Waals surface area contributed by atoms with Gasteiger partial charge in [0.15, 0.2) is 0 Å². The Bertz CT molecular complexity index is 1360. The second-order valence-corrected chi connectivity index (χ2v) is 10.3. The van der Waals surface area contributed by atoms with Crippen LogP contribution in [0, 0.1) is 0 Å². The Balaban J connectivity index is 1.78. The number of benzene rings is 1. The number of nitrogens with one attached hydrogen (secondary N) is 1. The third-order valence-electron chi connectivity index (χ3n) is 4.98. The van der Waals surface area contributed by atoms with Gasteiger partial charge in [0.2, 0.25) is 10.0 Å². The van der Waals surface area contributed by atoms with Crippen LogP contribution >= 0.6 is 22.6 Å². The molecule has 2 heterocycles. The molecule has 180 valence electrons. The number of carboxylic acids is 1. The van der Waals surface area contributed by atoms with Gasteiger partial charge in [-0.1, -0.05) is 40.8 Å². The number of aliphatic carboxylic acids is 1. The van der Waals surface area contributed by atoms with Crippen LogP contribution in [-0.2, 0) is 14.8 Å². The lowest BCUT2D eigenvalue weighted by Gasteiger charge is -2.24. The number of likely N-dealkylation sites (N-methyl/N-ethyl adjacent to an activating group) is 1. The molecule has 2 aromatic heterocycles. The van der Waals surface area contributed by atoms with Gasteiger partial charge in [-0.25, -0.2) is 8.42 Å². The number of halogens is 1. The number of sulfonamides is 1. The molecule has 1 aromatic carbocycles. The molecule has 0 aliphatic carbocycles. The number of fused-ring (bicyclic) bond motifs is 1. The summed E-state index contributed by atoms with van der Waals surface area (Å²) in [4.78, 5) is 36.9. The molecule has 34 heavy (non-hydrogen) atoms. The smallest absolute Gasteiger partial charge is 0.323 e. The summed E-state index contributed by atoms with van der Waals surface area (Å²) < 4.78 is 33.9. The number of aromatic nitrogens is 1. The average molecular weight is 599 g/mol. The van der Waals surface area contributed by atoms with Crippen molar-refractivity contribution in [1.82, 2.24) is 14.0 Å². The van der Waals surface area contributed by atoms with Gasteiger partial charge in [0.25, 0.3) is 11.5 Å². The first-order valence-electron chi connectivity index (χ1n) is 10.0. The number of carbonyl (C=O) groups excluding carboxylic acids is 1. The van der Waals surface area contributed by atoms with Crippen molar-refractivity contribution >= 4 is 50.0 Å². The Morgan fingerprint density at radius 3 is 2.53 bits per heavy atom. The number of rotatable bonds is 10. The van der Waals surface area contributed by atoms with E-state index >= 15 is 0 Å². The van der Waals surface area contributed by atoms with Crippen LogP contribution < -0.4 is 15.6 Å². The predicted molar refractivity (Wildman–Crippen MR) is 133 cm³/mol. The van der Waals surface area contributed by atoms with Crippen LogP contribution in [0.1, 0.15) is 10.4 Å². The molecule has 0 saturated heterocycles. The highest BCUT2D eigenvalue weighted by Crippen LogP contribution is 2.17. The van der Waals surface area contributed by atoms with E-state index < -0.39 is 40.0 Å². The third-order valence-corrected chi connectivity index (χ3v) is 7.30. The van der Waals surface area contributed by atoms with Crippen LogP contribution in [0.3, 0.4) is 0 Å². The number of alkyl halides is 1. The minimum absolute atomic E-state index is 0.0173. The van der Waals surface area contributed by atoms with Gasteiger partial charge in [-0.2, -0.15) is 4.31 Å². The van der Waals surface area contributed by atoms with Crippen molar-refractivity contribution in [2.45, 2.75) is 10.9 Å². The first-order valence-corrected chi connectivity index (χ1v) is 13.0. The predicted octanol–water partition coefficient (Wildman–Crippen LogP) is 1.62. The first kappa shape index (κ1) is 25.6. The normalized spacial score (nSPS) is 12.4. The van der Waals surface area contributed by atoms with E-state index in [1.807, 2.05) is 0 Å². The molecule has 0 aliphatic rings. The molecule has 3 aromatic rings. The topological polar surface area (TPSA) is 134 Å². The van der Waals surface area contributed by atoms with Gasteiger partial charge >= 0.3 is 5.97 Å². The molecule has 12 heteroatoms. The molecule has 2 N–H and O–H groups in total.